The van der Waals surface area contributed by atoms with Gasteiger partial charge in [0.15, 0.2) is 0 Å². The number of nitriles is 1. The highest BCUT2D eigenvalue weighted by Gasteiger charge is 2.31. The Morgan fingerprint density at radius 1 is 1.41 bits per heavy atom. The average molecular weight is 239 g/mol. The molecular formula is C12H21N3O2. The number of aliphatic carboxylic acids is 1. The van der Waals surface area contributed by atoms with Crippen LogP contribution < -0.4 is 0 Å². The third-order valence-corrected chi connectivity index (χ3v) is 3.34. The number of hydrogen-bond acceptors (Lipinski definition) is 4. The van der Waals surface area contributed by atoms with Crippen LogP contribution in [-0.2, 0) is 4.79 Å². The summed E-state index contributed by atoms with van der Waals surface area (Å²) in [6.45, 7) is 9.31. The minimum absolute atomic E-state index is 0.0513. The molecule has 0 bridgehead atoms. The molecule has 0 aromatic rings. The molecule has 5 heteroatoms. The van der Waals surface area contributed by atoms with Gasteiger partial charge in [-0.25, -0.2) is 0 Å². The van der Waals surface area contributed by atoms with Crippen molar-refractivity contribution in [3.05, 3.63) is 0 Å². The summed E-state index contributed by atoms with van der Waals surface area (Å²) < 4.78 is 0. The van der Waals surface area contributed by atoms with Gasteiger partial charge >= 0.3 is 5.97 Å². The molecule has 0 aromatic carbocycles. The normalized spacial score (nSPS) is 20.8. The van der Waals surface area contributed by atoms with Gasteiger partial charge in [0.2, 0.25) is 0 Å². The Balaban J connectivity index is 2.43. The van der Waals surface area contributed by atoms with Crippen LogP contribution in [-0.4, -0.2) is 59.6 Å². The molecule has 1 fully saturated rings. The molecule has 1 heterocycles. The highest BCUT2D eigenvalue weighted by Crippen LogP contribution is 2.18. The summed E-state index contributed by atoms with van der Waals surface area (Å²) in [5.41, 5.74) is -0.705. The SMILES string of the molecule is CC(C#N)N1CCN(CC(C)(C)C(=O)O)CC1. The molecule has 1 N–H and O–H groups in total. The number of piperazine rings is 1. The molecule has 1 unspecified atom stereocenters. The van der Waals surface area contributed by atoms with E-state index < -0.39 is 11.4 Å². The average Bonchev–Trinajstić information content (AvgIpc) is 2.28. The number of carboxylic acids is 1. The van der Waals surface area contributed by atoms with Crippen molar-refractivity contribution in [1.29, 1.82) is 5.26 Å². The van der Waals surface area contributed by atoms with E-state index in [-0.39, 0.29) is 6.04 Å². The van der Waals surface area contributed by atoms with Gasteiger partial charge in [-0.05, 0) is 20.8 Å². The second-order valence-electron chi connectivity index (χ2n) is 5.31. The maximum Gasteiger partial charge on any atom is 0.310 e. The summed E-state index contributed by atoms with van der Waals surface area (Å²) in [5.74, 6) is -0.759. The molecule has 1 atom stereocenters. The van der Waals surface area contributed by atoms with E-state index in [9.17, 15) is 4.79 Å². The molecular weight excluding hydrogens is 218 g/mol. The predicted molar refractivity (Wildman–Crippen MR) is 64.5 cm³/mol. The molecule has 1 aliphatic rings. The Morgan fingerprint density at radius 2 is 1.94 bits per heavy atom. The van der Waals surface area contributed by atoms with E-state index in [1.165, 1.54) is 0 Å². The van der Waals surface area contributed by atoms with Crippen molar-refractivity contribution in [1.82, 2.24) is 9.80 Å². The van der Waals surface area contributed by atoms with Crippen molar-refractivity contribution in [2.24, 2.45) is 5.41 Å². The lowest BCUT2D eigenvalue weighted by Crippen LogP contribution is -2.52. The third-order valence-electron chi connectivity index (χ3n) is 3.34. The molecule has 0 spiro atoms. The first-order valence-corrected chi connectivity index (χ1v) is 5.96. The quantitative estimate of drug-likeness (QED) is 0.779. The monoisotopic (exact) mass is 239 g/mol. The molecule has 96 valence electrons. The zero-order valence-electron chi connectivity index (χ0n) is 10.8. The van der Waals surface area contributed by atoms with Crippen LogP contribution in [0.3, 0.4) is 0 Å². The Hall–Kier alpha value is -1.12. The number of carboxylic acid groups (broad SMARTS) is 1. The van der Waals surface area contributed by atoms with Crippen molar-refractivity contribution in [3.8, 4) is 6.07 Å². The number of rotatable bonds is 4. The number of hydrogen-bond donors (Lipinski definition) is 1. The summed E-state index contributed by atoms with van der Waals surface area (Å²) in [7, 11) is 0. The lowest BCUT2D eigenvalue weighted by molar-refractivity contribution is -0.148. The fourth-order valence-corrected chi connectivity index (χ4v) is 2.02. The zero-order chi connectivity index (χ0) is 13.1. The maximum atomic E-state index is 11.0. The van der Waals surface area contributed by atoms with Crippen LogP contribution in [0.4, 0.5) is 0 Å². The van der Waals surface area contributed by atoms with Crippen LogP contribution in [0.15, 0.2) is 0 Å². The van der Waals surface area contributed by atoms with Crippen LogP contribution in [0.2, 0.25) is 0 Å². The molecule has 17 heavy (non-hydrogen) atoms. The third kappa shape index (κ3) is 3.69. The fraction of sp³-hybridized carbons (Fsp3) is 0.833. The summed E-state index contributed by atoms with van der Waals surface area (Å²) in [5, 5.41) is 17.9. The van der Waals surface area contributed by atoms with Crippen LogP contribution in [0, 0.1) is 16.7 Å². The van der Waals surface area contributed by atoms with E-state index in [4.69, 9.17) is 10.4 Å². The van der Waals surface area contributed by atoms with Gasteiger partial charge in [0.05, 0.1) is 17.5 Å². The van der Waals surface area contributed by atoms with Crippen LogP contribution in [0.5, 0.6) is 0 Å². The first-order chi connectivity index (χ1) is 7.86. The highest BCUT2D eigenvalue weighted by atomic mass is 16.4. The predicted octanol–water partition coefficient (Wildman–Crippen LogP) is 0.627. The van der Waals surface area contributed by atoms with Gasteiger partial charge in [-0.3, -0.25) is 14.6 Å². The summed E-state index contributed by atoms with van der Waals surface area (Å²) >= 11 is 0. The van der Waals surface area contributed by atoms with Crippen molar-refractivity contribution in [3.63, 3.8) is 0 Å². The second kappa shape index (κ2) is 5.48. The van der Waals surface area contributed by atoms with Gasteiger partial charge in [-0.2, -0.15) is 5.26 Å². The maximum absolute atomic E-state index is 11.0. The highest BCUT2D eigenvalue weighted by molar-refractivity contribution is 5.73. The van der Waals surface area contributed by atoms with Crippen molar-refractivity contribution in [2.75, 3.05) is 32.7 Å². The molecule has 1 saturated heterocycles. The Kier molecular flexibility index (Phi) is 4.49. The Bertz CT molecular complexity index is 314. The largest absolute Gasteiger partial charge is 0.481 e. The minimum Gasteiger partial charge on any atom is -0.481 e. The van der Waals surface area contributed by atoms with Gasteiger partial charge < -0.3 is 5.11 Å². The van der Waals surface area contributed by atoms with E-state index in [1.807, 2.05) is 6.92 Å². The van der Waals surface area contributed by atoms with E-state index in [0.29, 0.717) is 6.54 Å². The lowest BCUT2D eigenvalue weighted by atomic mass is 9.93. The summed E-state index contributed by atoms with van der Waals surface area (Å²) in [6, 6.07) is 2.18. The number of nitrogens with zero attached hydrogens (tertiary/aromatic N) is 3. The van der Waals surface area contributed by atoms with Gasteiger partial charge in [0.25, 0.3) is 0 Å². The molecule has 0 radical (unpaired) electrons. The Morgan fingerprint density at radius 3 is 2.35 bits per heavy atom. The van der Waals surface area contributed by atoms with Crippen LogP contribution in [0.25, 0.3) is 0 Å². The van der Waals surface area contributed by atoms with Crippen molar-refractivity contribution >= 4 is 5.97 Å². The lowest BCUT2D eigenvalue weighted by Gasteiger charge is -2.38. The zero-order valence-corrected chi connectivity index (χ0v) is 10.8. The van der Waals surface area contributed by atoms with Gasteiger partial charge in [-0.15, -0.1) is 0 Å². The van der Waals surface area contributed by atoms with Gasteiger partial charge in [-0.1, -0.05) is 0 Å². The topological polar surface area (TPSA) is 67.6 Å². The smallest absolute Gasteiger partial charge is 0.310 e. The molecule has 1 rings (SSSR count). The van der Waals surface area contributed by atoms with Crippen molar-refractivity contribution in [2.45, 2.75) is 26.8 Å². The van der Waals surface area contributed by atoms with E-state index in [1.54, 1.807) is 13.8 Å². The molecule has 1 aliphatic heterocycles. The first-order valence-electron chi connectivity index (χ1n) is 5.96. The second-order valence-corrected chi connectivity index (χ2v) is 5.31. The van der Waals surface area contributed by atoms with E-state index in [0.717, 1.165) is 26.2 Å². The molecule has 0 aromatic heterocycles. The first kappa shape index (κ1) is 13.9. The van der Waals surface area contributed by atoms with Crippen LogP contribution in [0.1, 0.15) is 20.8 Å². The summed E-state index contributed by atoms with van der Waals surface area (Å²) in [4.78, 5) is 15.3. The molecule has 0 saturated carbocycles. The van der Waals surface area contributed by atoms with Crippen LogP contribution >= 0.6 is 0 Å². The van der Waals surface area contributed by atoms with E-state index in [2.05, 4.69) is 15.9 Å². The molecule has 5 nitrogen and oxygen atoms in total. The number of carbonyl (C=O) groups is 1. The van der Waals surface area contributed by atoms with Crippen molar-refractivity contribution < 1.29 is 9.90 Å². The molecule has 0 aliphatic carbocycles. The standard InChI is InChI=1S/C12H21N3O2/c1-10(8-13)15-6-4-14(5-7-15)9-12(2,3)11(16)17/h10H,4-7,9H2,1-3H3,(H,16,17). The van der Waals surface area contributed by atoms with Gasteiger partial charge in [0.1, 0.15) is 0 Å². The fourth-order valence-electron chi connectivity index (χ4n) is 2.02. The minimum atomic E-state index is -0.759. The summed E-state index contributed by atoms with van der Waals surface area (Å²) in [6.07, 6.45) is 0. The Labute approximate surface area is 103 Å². The molecule has 0 amide bonds. The van der Waals surface area contributed by atoms with E-state index >= 15 is 0 Å². The van der Waals surface area contributed by atoms with Gasteiger partial charge in [0, 0.05) is 32.7 Å².